The molecule has 1 unspecified atom stereocenters. The molecule has 2 aromatic rings. The van der Waals surface area contributed by atoms with Crippen LogP contribution in [0.1, 0.15) is 81.9 Å². The molecule has 7 nitrogen and oxygen atoms in total. The van der Waals surface area contributed by atoms with E-state index in [1.54, 1.807) is 29.1 Å². The third-order valence-corrected chi connectivity index (χ3v) is 9.54. The van der Waals surface area contributed by atoms with E-state index in [0.717, 1.165) is 17.0 Å². The van der Waals surface area contributed by atoms with Gasteiger partial charge < -0.3 is 14.0 Å². The molecule has 0 N–H and O–H groups in total. The Labute approximate surface area is 224 Å². The number of Topliss-reactive ketones (excluding diaryl/α,β-unsaturated/α-hetero) is 1. The van der Waals surface area contributed by atoms with E-state index in [2.05, 4.69) is 25.9 Å². The topological polar surface area (TPSA) is 79.7 Å². The van der Waals surface area contributed by atoms with E-state index in [4.69, 9.17) is 14.0 Å². The van der Waals surface area contributed by atoms with Crippen molar-refractivity contribution in [2.75, 3.05) is 0 Å². The molecule has 0 spiro atoms. The lowest BCUT2D eigenvalue weighted by Crippen LogP contribution is -2.63. The van der Waals surface area contributed by atoms with Crippen LogP contribution in [0.3, 0.4) is 0 Å². The summed E-state index contributed by atoms with van der Waals surface area (Å²) in [7, 11) is 1.26. The van der Waals surface area contributed by atoms with Crippen molar-refractivity contribution in [2.45, 2.75) is 96.8 Å². The quantitative estimate of drug-likeness (QED) is 0.344. The van der Waals surface area contributed by atoms with Crippen LogP contribution in [0, 0.1) is 17.3 Å². The predicted molar refractivity (Wildman–Crippen MR) is 144 cm³/mol. The van der Waals surface area contributed by atoms with Gasteiger partial charge in [-0.2, -0.15) is 5.10 Å². The fourth-order valence-corrected chi connectivity index (χ4v) is 7.33. The minimum atomic E-state index is -0.593. The van der Waals surface area contributed by atoms with E-state index in [0.29, 0.717) is 36.8 Å². The maximum atomic E-state index is 13.2. The maximum Gasteiger partial charge on any atom is 0.461 e. The minimum Gasteiger partial charge on any atom is -0.455 e. The summed E-state index contributed by atoms with van der Waals surface area (Å²) >= 11 is 1.60. The Balaban J connectivity index is 1.36. The normalized spacial score (nSPS) is 28.9. The number of rotatable bonds is 8. The van der Waals surface area contributed by atoms with Crippen LogP contribution >= 0.6 is 11.3 Å². The van der Waals surface area contributed by atoms with Gasteiger partial charge in [-0.05, 0) is 81.7 Å². The summed E-state index contributed by atoms with van der Waals surface area (Å²) < 4.78 is 20.5. The van der Waals surface area contributed by atoms with Gasteiger partial charge in [-0.15, -0.1) is 11.3 Å². The van der Waals surface area contributed by atoms with E-state index in [1.165, 1.54) is 6.42 Å². The first-order chi connectivity index (χ1) is 17.2. The van der Waals surface area contributed by atoms with Gasteiger partial charge in [0.25, 0.3) is 0 Å². The van der Waals surface area contributed by atoms with E-state index in [9.17, 15) is 9.59 Å². The van der Waals surface area contributed by atoms with Gasteiger partial charge in [0.15, 0.2) is 0 Å². The number of carbonyl (C=O) groups is 2. The third-order valence-electron chi connectivity index (χ3n) is 8.67. The van der Waals surface area contributed by atoms with E-state index in [-0.39, 0.29) is 28.7 Å². The van der Waals surface area contributed by atoms with Crippen LogP contribution < -0.4 is 0 Å². The molecular weight excluding hydrogens is 487 g/mol. The molecule has 3 aliphatic carbocycles. The fraction of sp³-hybridized carbons (Fsp3) is 0.679. The van der Waals surface area contributed by atoms with Crippen molar-refractivity contribution >= 4 is 30.2 Å². The Morgan fingerprint density at radius 3 is 2.73 bits per heavy atom. The Morgan fingerprint density at radius 2 is 2.08 bits per heavy atom. The molecule has 37 heavy (non-hydrogen) atoms. The first-order valence-electron chi connectivity index (χ1n) is 13.4. The zero-order valence-electron chi connectivity index (χ0n) is 23.1. The van der Waals surface area contributed by atoms with Crippen LogP contribution in [-0.2, 0) is 38.7 Å². The zero-order valence-corrected chi connectivity index (χ0v) is 23.9. The van der Waals surface area contributed by atoms with Gasteiger partial charge in [0, 0.05) is 30.6 Å². The van der Waals surface area contributed by atoms with Gasteiger partial charge in [0.2, 0.25) is 0 Å². The highest BCUT2D eigenvalue weighted by atomic mass is 32.1. The van der Waals surface area contributed by atoms with Gasteiger partial charge in [-0.1, -0.05) is 19.9 Å². The lowest BCUT2D eigenvalue weighted by molar-refractivity contribution is -0.185. The number of esters is 1. The number of ketones is 1. The average molecular weight is 527 g/mol. The van der Waals surface area contributed by atoms with Crippen molar-refractivity contribution in [2.24, 2.45) is 24.3 Å². The Bertz CT molecular complexity index is 1170. The van der Waals surface area contributed by atoms with Crippen molar-refractivity contribution in [3.05, 3.63) is 39.8 Å². The number of aryl methyl sites for hydroxylation is 1. The molecule has 3 heterocycles. The number of nitrogens with zero attached hydrogens (tertiary/aromatic N) is 2. The molecule has 4 aliphatic rings. The molecule has 200 valence electrons. The molecule has 2 aromatic heterocycles. The highest BCUT2D eigenvalue weighted by Gasteiger charge is 2.67. The molecule has 0 radical (unpaired) electrons. The second kappa shape index (κ2) is 9.35. The summed E-state index contributed by atoms with van der Waals surface area (Å²) in [5.74, 6) is 0.668. The second-order valence-electron chi connectivity index (χ2n) is 13.0. The van der Waals surface area contributed by atoms with Gasteiger partial charge in [-0.25, -0.2) is 4.79 Å². The van der Waals surface area contributed by atoms with Crippen LogP contribution in [0.15, 0.2) is 23.6 Å². The third kappa shape index (κ3) is 5.19. The Kier molecular flexibility index (Phi) is 6.73. The number of hydrogen-bond donors (Lipinski definition) is 0. The summed E-state index contributed by atoms with van der Waals surface area (Å²) in [6, 6.07) is 5.74. The molecule has 9 heteroatoms. The smallest absolute Gasteiger partial charge is 0.455 e. The average Bonchev–Trinajstić information content (AvgIpc) is 3.49. The highest BCUT2D eigenvalue weighted by Crippen LogP contribution is 2.65. The van der Waals surface area contributed by atoms with Crippen LogP contribution in [0.4, 0.5) is 0 Å². The van der Waals surface area contributed by atoms with Crippen molar-refractivity contribution in [1.29, 1.82) is 0 Å². The molecule has 6 rings (SSSR count). The number of aromatic nitrogens is 2. The van der Waals surface area contributed by atoms with Gasteiger partial charge >= 0.3 is 13.1 Å². The molecule has 4 fully saturated rings. The van der Waals surface area contributed by atoms with Crippen LogP contribution in [-0.4, -0.2) is 46.0 Å². The molecule has 5 atom stereocenters. The SMILES string of the molecule is Cn1nc(C[C@H](CC(=O)Cc2cccs2)B2OC3[C@@H]4C[C@H](C[C@]3(C)O2)C4(C)C)cc1C(=O)OC(C)(C)C. The molecule has 0 amide bonds. The summed E-state index contributed by atoms with van der Waals surface area (Å²) in [5.41, 5.74) is 0.466. The molecule has 1 saturated heterocycles. The lowest BCUT2D eigenvalue weighted by Gasteiger charge is -2.63. The van der Waals surface area contributed by atoms with Crippen molar-refractivity contribution in [1.82, 2.24) is 9.78 Å². The van der Waals surface area contributed by atoms with Gasteiger partial charge in [0.1, 0.15) is 17.1 Å². The Morgan fingerprint density at radius 1 is 1.32 bits per heavy atom. The van der Waals surface area contributed by atoms with Crippen LogP contribution in [0.5, 0.6) is 0 Å². The van der Waals surface area contributed by atoms with E-state index < -0.39 is 18.7 Å². The molecular formula is C28H39BN2O5S. The zero-order chi connectivity index (χ0) is 26.8. The van der Waals surface area contributed by atoms with Crippen molar-refractivity contribution in [3.63, 3.8) is 0 Å². The van der Waals surface area contributed by atoms with Crippen LogP contribution in [0.2, 0.25) is 5.82 Å². The first kappa shape index (κ1) is 26.6. The fourth-order valence-electron chi connectivity index (χ4n) is 6.60. The molecule has 1 aliphatic heterocycles. The summed E-state index contributed by atoms with van der Waals surface area (Å²) in [6.45, 7) is 12.4. The van der Waals surface area contributed by atoms with E-state index >= 15 is 0 Å². The number of ether oxygens (including phenoxy) is 1. The predicted octanol–water partition coefficient (Wildman–Crippen LogP) is 5.28. The lowest BCUT2D eigenvalue weighted by atomic mass is 9.45. The molecule has 3 saturated carbocycles. The Hall–Kier alpha value is -1.97. The monoisotopic (exact) mass is 526 g/mol. The summed E-state index contributed by atoms with van der Waals surface area (Å²) in [5, 5.41) is 6.60. The summed E-state index contributed by atoms with van der Waals surface area (Å²) in [4.78, 5) is 27.0. The van der Waals surface area contributed by atoms with Crippen LogP contribution in [0.25, 0.3) is 0 Å². The number of carbonyl (C=O) groups excluding carboxylic acids is 2. The number of thiophene rings is 1. The van der Waals surface area contributed by atoms with Crippen molar-refractivity contribution in [3.8, 4) is 0 Å². The van der Waals surface area contributed by atoms with Gasteiger partial charge in [-0.3, -0.25) is 9.48 Å². The largest absolute Gasteiger partial charge is 0.461 e. The summed E-state index contributed by atoms with van der Waals surface area (Å²) in [6.07, 6.45) is 3.43. The standard InChI is InChI=1S/C28H39BN2O5S/c1-26(2,3)34-25(33)23-14-19(30-31(23)7)12-18(13-20(32)15-21-9-8-10-37-21)29-35-24-22-11-17(27(22,4)5)16-28(24,6)36-29/h8-10,14,17-18,22,24H,11-13,15-16H2,1-7H3/t17-,18-,22+,24?,28+/m1/s1. The minimum absolute atomic E-state index is 0.0356. The first-order valence-corrected chi connectivity index (χ1v) is 14.3. The maximum absolute atomic E-state index is 13.2. The molecule has 2 bridgehead atoms. The van der Waals surface area contributed by atoms with Gasteiger partial charge in [0.05, 0.1) is 17.4 Å². The van der Waals surface area contributed by atoms with E-state index in [1.807, 2.05) is 38.3 Å². The second-order valence-corrected chi connectivity index (χ2v) is 14.1. The number of hydrogen-bond acceptors (Lipinski definition) is 7. The highest BCUT2D eigenvalue weighted by molar-refractivity contribution is 7.10. The molecule has 0 aromatic carbocycles. The van der Waals surface area contributed by atoms with Crippen molar-refractivity contribution < 1.29 is 23.6 Å².